The SMILES string of the molecule is O=C(CCSc1ccc(F)cc1)N1C[C@@H]2CCC[C@@]2(C(=O)O)C1. The first-order valence-corrected chi connectivity index (χ1v) is 8.89. The maximum absolute atomic E-state index is 12.8. The van der Waals surface area contributed by atoms with Crippen LogP contribution in [0, 0.1) is 17.2 Å². The van der Waals surface area contributed by atoms with Gasteiger partial charge < -0.3 is 10.0 Å². The van der Waals surface area contributed by atoms with Crippen molar-refractivity contribution < 1.29 is 19.1 Å². The Labute approximate surface area is 139 Å². The second kappa shape index (κ2) is 6.51. The highest BCUT2D eigenvalue weighted by Crippen LogP contribution is 2.49. The summed E-state index contributed by atoms with van der Waals surface area (Å²) in [4.78, 5) is 26.6. The van der Waals surface area contributed by atoms with Crippen LogP contribution in [0.15, 0.2) is 29.2 Å². The number of carbonyl (C=O) groups is 2. The van der Waals surface area contributed by atoms with Crippen molar-refractivity contribution in [2.75, 3.05) is 18.8 Å². The van der Waals surface area contributed by atoms with E-state index in [4.69, 9.17) is 0 Å². The quantitative estimate of drug-likeness (QED) is 0.839. The number of fused-ring (bicyclic) bond motifs is 1. The van der Waals surface area contributed by atoms with Crippen molar-refractivity contribution >= 4 is 23.6 Å². The third kappa shape index (κ3) is 3.22. The van der Waals surface area contributed by atoms with E-state index in [-0.39, 0.29) is 17.6 Å². The number of benzene rings is 1. The van der Waals surface area contributed by atoms with Crippen LogP contribution >= 0.6 is 11.8 Å². The summed E-state index contributed by atoms with van der Waals surface area (Å²) >= 11 is 1.51. The van der Waals surface area contributed by atoms with Crippen LogP contribution in [0.5, 0.6) is 0 Å². The van der Waals surface area contributed by atoms with Crippen LogP contribution in [0.25, 0.3) is 0 Å². The van der Waals surface area contributed by atoms with E-state index in [0.29, 0.717) is 31.7 Å². The van der Waals surface area contributed by atoms with Gasteiger partial charge >= 0.3 is 5.97 Å². The van der Waals surface area contributed by atoms with Gasteiger partial charge in [0.1, 0.15) is 5.82 Å². The zero-order chi connectivity index (χ0) is 16.4. The zero-order valence-corrected chi connectivity index (χ0v) is 13.7. The Kier molecular flexibility index (Phi) is 4.62. The molecule has 2 fully saturated rings. The van der Waals surface area contributed by atoms with Crippen LogP contribution in [0.4, 0.5) is 4.39 Å². The van der Waals surface area contributed by atoms with Crippen molar-refractivity contribution in [1.29, 1.82) is 0 Å². The summed E-state index contributed by atoms with van der Waals surface area (Å²) in [6, 6.07) is 6.21. The summed E-state index contributed by atoms with van der Waals surface area (Å²) in [5.41, 5.74) is -0.709. The fourth-order valence-electron chi connectivity index (χ4n) is 3.77. The van der Waals surface area contributed by atoms with Crippen molar-refractivity contribution in [2.45, 2.75) is 30.6 Å². The fourth-order valence-corrected chi connectivity index (χ4v) is 4.61. The number of thioether (sulfide) groups is 1. The molecule has 1 saturated carbocycles. The maximum atomic E-state index is 12.8. The van der Waals surface area contributed by atoms with Crippen molar-refractivity contribution in [3.63, 3.8) is 0 Å². The number of hydrogen-bond donors (Lipinski definition) is 1. The van der Waals surface area contributed by atoms with Gasteiger partial charge in [-0.15, -0.1) is 11.8 Å². The van der Waals surface area contributed by atoms with Gasteiger partial charge in [-0.1, -0.05) is 6.42 Å². The molecule has 1 saturated heterocycles. The molecule has 1 aromatic carbocycles. The molecule has 0 aromatic heterocycles. The standard InChI is InChI=1S/C17H20FNO3S/c18-13-3-5-14(6-4-13)23-9-7-15(20)19-10-12-2-1-8-17(12,11-19)16(21)22/h3-6,12H,1-2,7-11H2,(H,21,22)/t12-,17+/m0/s1. The first-order valence-electron chi connectivity index (χ1n) is 7.91. The second-order valence-electron chi connectivity index (χ2n) is 6.38. The lowest BCUT2D eigenvalue weighted by Crippen LogP contribution is -2.37. The minimum Gasteiger partial charge on any atom is -0.481 e. The molecule has 0 radical (unpaired) electrons. The van der Waals surface area contributed by atoms with Gasteiger partial charge in [-0.2, -0.15) is 0 Å². The topological polar surface area (TPSA) is 57.6 Å². The smallest absolute Gasteiger partial charge is 0.311 e. The summed E-state index contributed by atoms with van der Waals surface area (Å²) in [5.74, 6) is -0.279. The van der Waals surface area contributed by atoms with Crippen molar-refractivity contribution in [3.8, 4) is 0 Å². The van der Waals surface area contributed by atoms with Crippen molar-refractivity contribution in [3.05, 3.63) is 30.1 Å². The van der Waals surface area contributed by atoms with Crippen LogP contribution in [0.1, 0.15) is 25.7 Å². The maximum Gasteiger partial charge on any atom is 0.311 e. The molecule has 1 amide bonds. The Morgan fingerprint density at radius 3 is 2.74 bits per heavy atom. The number of amides is 1. The van der Waals surface area contributed by atoms with Crippen LogP contribution in [-0.2, 0) is 9.59 Å². The normalized spacial score (nSPS) is 26.3. The molecule has 124 valence electrons. The fraction of sp³-hybridized carbons (Fsp3) is 0.529. The van der Waals surface area contributed by atoms with E-state index in [9.17, 15) is 19.1 Å². The number of aliphatic carboxylic acids is 1. The van der Waals surface area contributed by atoms with Gasteiger partial charge in [0.15, 0.2) is 0 Å². The largest absolute Gasteiger partial charge is 0.481 e. The number of rotatable bonds is 5. The monoisotopic (exact) mass is 337 g/mol. The van der Waals surface area contributed by atoms with Crippen molar-refractivity contribution in [1.82, 2.24) is 4.90 Å². The molecule has 0 unspecified atom stereocenters. The van der Waals surface area contributed by atoms with Gasteiger partial charge in [-0.3, -0.25) is 9.59 Å². The summed E-state index contributed by atoms with van der Waals surface area (Å²) in [6.07, 6.45) is 2.91. The van der Waals surface area contributed by atoms with Gasteiger partial charge in [0.2, 0.25) is 5.91 Å². The Hall–Kier alpha value is -1.56. The third-order valence-corrected chi connectivity index (χ3v) is 6.06. The lowest BCUT2D eigenvalue weighted by atomic mass is 9.81. The average Bonchev–Trinajstić information content (AvgIpc) is 3.07. The minimum absolute atomic E-state index is 0.0228. The van der Waals surface area contributed by atoms with E-state index >= 15 is 0 Å². The van der Waals surface area contributed by atoms with Gasteiger partial charge in [0.25, 0.3) is 0 Å². The van der Waals surface area contributed by atoms with Gasteiger partial charge in [-0.05, 0) is 43.0 Å². The number of carboxylic acids is 1. The lowest BCUT2D eigenvalue weighted by Gasteiger charge is -2.23. The molecule has 0 spiro atoms. The van der Waals surface area contributed by atoms with E-state index in [1.807, 2.05) is 0 Å². The Balaban J connectivity index is 1.51. The second-order valence-corrected chi connectivity index (χ2v) is 7.55. The number of carboxylic acid groups (broad SMARTS) is 1. The molecule has 6 heteroatoms. The predicted molar refractivity (Wildman–Crippen MR) is 85.7 cm³/mol. The molecule has 1 N–H and O–H groups in total. The molecule has 1 heterocycles. The highest BCUT2D eigenvalue weighted by molar-refractivity contribution is 7.99. The summed E-state index contributed by atoms with van der Waals surface area (Å²) < 4.78 is 12.8. The van der Waals surface area contributed by atoms with E-state index in [1.54, 1.807) is 17.0 Å². The Bertz CT molecular complexity index is 606. The van der Waals surface area contributed by atoms with Crippen LogP contribution in [0.3, 0.4) is 0 Å². The number of carbonyl (C=O) groups excluding carboxylic acids is 1. The third-order valence-electron chi connectivity index (χ3n) is 5.05. The highest BCUT2D eigenvalue weighted by atomic mass is 32.2. The van der Waals surface area contributed by atoms with Crippen molar-refractivity contribution in [2.24, 2.45) is 11.3 Å². The van der Waals surface area contributed by atoms with Gasteiger partial charge in [-0.25, -0.2) is 4.39 Å². The molecule has 1 aliphatic carbocycles. The van der Waals surface area contributed by atoms with E-state index in [1.165, 1.54) is 23.9 Å². The molecule has 2 atom stereocenters. The van der Waals surface area contributed by atoms with E-state index in [0.717, 1.165) is 17.7 Å². The molecule has 2 aliphatic rings. The van der Waals surface area contributed by atoms with Crippen LogP contribution < -0.4 is 0 Å². The first-order chi connectivity index (χ1) is 11.0. The Morgan fingerprint density at radius 2 is 2.09 bits per heavy atom. The molecule has 4 nitrogen and oxygen atoms in total. The van der Waals surface area contributed by atoms with Gasteiger partial charge in [0, 0.05) is 30.2 Å². The molecule has 1 aliphatic heterocycles. The number of halogens is 1. The summed E-state index contributed by atoms with van der Waals surface area (Å²) in [5, 5.41) is 9.55. The molecule has 23 heavy (non-hydrogen) atoms. The molecule has 1 aromatic rings. The molecule has 0 bridgehead atoms. The van der Waals surface area contributed by atoms with Crippen LogP contribution in [-0.4, -0.2) is 40.7 Å². The zero-order valence-electron chi connectivity index (χ0n) is 12.8. The van der Waals surface area contributed by atoms with Crippen LogP contribution in [0.2, 0.25) is 0 Å². The average molecular weight is 337 g/mol. The highest BCUT2D eigenvalue weighted by Gasteiger charge is 2.55. The molecular weight excluding hydrogens is 317 g/mol. The number of nitrogens with zero attached hydrogens (tertiary/aromatic N) is 1. The number of hydrogen-bond acceptors (Lipinski definition) is 3. The first kappa shape index (κ1) is 16.3. The Morgan fingerprint density at radius 1 is 1.35 bits per heavy atom. The predicted octanol–water partition coefficient (Wildman–Crippen LogP) is 3.02. The summed E-state index contributed by atoms with van der Waals surface area (Å²) in [6.45, 7) is 0.930. The molecule has 3 rings (SSSR count). The number of likely N-dealkylation sites (tertiary alicyclic amines) is 1. The van der Waals surface area contributed by atoms with E-state index < -0.39 is 11.4 Å². The van der Waals surface area contributed by atoms with Gasteiger partial charge in [0.05, 0.1) is 5.41 Å². The van der Waals surface area contributed by atoms with E-state index in [2.05, 4.69) is 0 Å². The molecular formula is C17H20FNO3S. The minimum atomic E-state index is -0.754. The lowest BCUT2D eigenvalue weighted by molar-refractivity contribution is -0.149. The summed E-state index contributed by atoms with van der Waals surface area (Å²) in [7, 11) is 0.